The van der Waals surface area contributed by atoms with Gasteiger partial charge in [-0.2, -0.15) is 0 Å². The standard InChI is InChI=1S/C30H38FN5O6SSi/c1-20(28(37)21-14-16-22(31)17-15-21)43(38,39)35(18-19-44(5,6)7)30-34-33-29(23-10-8-13-26(32-23)42-4)36(30)27-24(40-2)11-9-12-25(27)41-3/h8-17,20,28,37H,18-19H2,1-7H3. The summed E-state index contributed by atoms with van der Waals surface area (Å²) >= 11 is 0. The largest absolute Gasteiger partial charge is 0.494 e. The highest BCUT2D eigenvalue weighted by atomic mass is 32.2. The molecular weight excluding hydrogens is 606 g/mol. The van der Waals surface area contributed by atoms with Crippen molar-refractivity contribution in [2.24, 2.45) is 0 Å². The van der Waals surface area contributed by atoms with Gasteiger partial charge in [-0.1, -0.05) is 43.9 Å². The molecule has 0 radical (unpaired) electrons. The van der Waals surface area contributed by atoms with E-state index in [9.17, 15) is 17.9 Å². The second-order valence-electron chi connectivity index (χ2n) is 11.4. The number of ether oxygens (including phenoxy) is 3. The normalized spacial score (nSPS) is 13.3. The predicted molar refractivity (Wildman–Crippen MR) is 169 cm³/mol. The van der Waals surface area contributed by atoms with Gasteiger partial charge < -0.3 is 19.3 Å². The number of aromatic nitrogens is 4. The summed E-state index contributed by atoms with van der Waals surface area (Å²) in [6, 6.07) is 16.0. The minimum Gasteiger partial charge on any atom is -0.494 e. The first-order chi connectivity index (χ1) is 20.8. The van der Waals surface area contributed by atoms with Crippen LogP contribution in [0.2, 0.25) is 25.7 Å². The van der Waals surface area contributed by atoms with Crippen molar-refractivity contribution in [3.05, 3.63) is 72.0 Å². The molecule has 2 aromatic heterocycles. The fraction of sp³-hybridized carbons (Fsp3) is 0.367. The maximum atomic E-state index is 14.5. The number of hydrogen-bond donors (Lipinski definition) is 1. The van der Waals surface area contributed by atoms with E-state index in [1.54, 1.807) is 36.4 Å². The third-order valence-corrected chi connectivity index (χ3v) is 11.0. The molecule has 0 fully saturated rings. The van der Waals surface area contributed by atoms with Crippen LogP contribution in [0.1, 0.15) is 18.6 Å². The van der Waals surface area contributed by atoms with Gasteiger partial charge in [0.15, 0.2) is 5.82 Å². The molecule has 2 heterocycles. The highest BCUT2D eigenvalue weighted by Crippen LogP contribution is 2.40. The van der Waals surface area contributed by atoms with Crippen LogP contribution in [0, 0.1) is 5.82 Å². The molecule has 14 heteroatoms. The summed E-state index contributed by atoms with van der Waals surface area (Å²) in [4.78, 5) is 4.53. The smallest absolute Gasteiger partial charge is 0.246 e. The maximum Gasteiger partial charge on any atom is 0.246 e. The minimum absolute atomic E-state index is 0.0381. The minimum atomic E-state index is -4.32. The van der Waals surface area contributed by atoms with Crippen LogP contribution in [-0.2, 0) is 10.0 Å². The van der Waals surface area contributed by atoms with Crippen LogP contribution in [0.4, 0.5) is 10.3 Å². The number of halogens is 1. The topological polar surface area (TPSA) is 129 Å². The SMILES string of the molecule is COc1cccc(-c2nnc(N(CC[Si](C)(C)C)S(=O)(=O)C(C)C(O)c3ccc(F)cc3)n2-c2c(OC)cccc2OC)n1. The lowest BCUT2D eigenvalue weighted by molar-refractivity contribution is 0.175. The lowest BCUT2D eigenvalue weighted by Gasteiger charge is -2.31. The van der Waals surface area contributed by atoms with Crippen molar-refractivity contribution in [3.63, 3.8) is 0 Å². The summed E-state index contributed by atoms with van der Waals surface area (Å²) in [5, 5.41) is 18.7. The van der Waals surface area contributed by atoms with E-state index in [0.717, 1.165) is 0 Å². The fourth-order valence-electron chi connectivity index (χ4n) is 4.59. The summed E-state index contributed by atoms with van der Waals surface area (Å²) in [7, 11) is -1.66. The average molecular weight is 644 g/mol. The Morgan fingerprint density at radius 3 is 2.11 bits per heavy atom. The molecule has 0 aliphatic heterocycles. The lowest BCUT2D eigenvalue weighted by atomic mass is 10.1. The average Bonchev–Trinajstić information content (AvgIpc) is 3.43. The van der Waals surface area contributed by atoms with Crippen molar-refractivity contribution in [1.82, 2.24) is 19.7 Å². The Hall–Kier alpha value is -4.01. The Labute approximate surface area is 258 Å². The zero-order valence-electron chi connectivity index (χ0n) is 25.9. The molecule has 0 aliphatic carbocycles. The number of benzene rings is 2. The summed E-state index contributed by atoms with van der Waals surface area (Å²) < 4.78 is 62.1. The van der Waals surface area contributed by atoms with Crippen molar-refractivity contribution < 1.29 is 32.1 Å². The summed E-state index contributed by atoms with van der Waals surface area (Å²) in [6.07, 6.45) is -1.45. The number of pyridine rings is 1. The highest BCUT2D eigenvalue weighted by molar-refractivity contribution is 7.93. The van der Waals surface area contributed by atoms with E-state index in [1.807, 2.05) is 0 Å². The van der Waals surface area contributed by atoms with Crippen LogP contribution in [-0.4, -0.2) is 74.5 Å². The molecule has 0 bridgehead atoms. The van der Waals surface area contributed by atoms with E-state index in [2.05, 4.69) is 34.8 Å². The van der Waals surface area contributed by atoms with Crippen molar-refractivity contribution in [3.8, 4) is 34.6 Å². The van der Waals surface area contributed by atoms with Crippen molar-refractivity contribution in [2.45, 2.75) is 44.0 Å². The zero-order chi connectivity index (χ0) is 32.2. The van der Waals surface area contributed by atoms with Gasteiger partial charge in [0.05, 0.1) is 27.4 Å². The molecule has 236 valence electrons. The number of nitrogens with zero attached hydrogens (tertiary/aromatic N) is 5. The molecule has 2 atom stereocenters. The fourth-order valence-corrected chi connectivity index (χ4v) is 7.22. The second-order valence-corrected chi connectivity index (χ2v) is 19.2. The number of sulfonamides is 1. The van der Waals surface area contributed by atoms with Crippen LogP contribution in [0.5, 0.6) is 17.4 Å². The van der Waals surface area contributed by atoms with Gasteiger partial charge in [0.2, 0.25) is 21.9 Å². The summed E-state index contributed by atoms with van der Waals surface area (Å²) in [6.45, 7) is 7.88. The molecule has 11 nitrogen and oxygen atoms in total. The van der Waals surface area contributed by atoms with Crippen LogP contribution in [0.3, 0.4) is 0 Å². The Bertz CT molecular complexity index is 1670. The number of aliphatic hydroxyl groups is 1. The highest BCUT2D eigenvalue weighted by Gasteiger charge is 2.39. The molecule has 0 aliphatic rings. The number of anilines is 1. The monoisotopic (exact) mass is 643 g/mol. The Balaban J connectivity index is 1.99. The van der Waals surface area contributed by atoms with Gasteiger partial charge in [0, 0.05) is 20.7 Å². The molecule has 2 aromatic carbocycles. The molecule has 0 saturated carbocycles. The van der Waals surface area contributed by atoms with Crippen LogP contribution in [0.25, 0.3) is 17.2 Å². The number of para-hydroxylation sites is 1. The van der Waals surface area contributed by atoms with Crippen LogP contribution >= 0.6 is 0 Å². The Morgan fingerprint density at radius 1 is 0.932 bits per heavy atom. The molecule has 0 saturated heterocycles. The number of aliphatic hydroxyl groups excluding tert-OH is 1. The summed E-state index contributed by atoms with van der Waals surface area (Å²) in [5.74, 6) is 0.744. The molecule has 1 N–H and O–H groups in total. The molecule has 4 rings (SSSR count). The number of methoxy groups -OCH3 is 3. The van der Waals surface area contributed by atoms with E-state index in [-0.39, 0.29) is 23.9 Å². The first kappa shape index (κ1) is 32.9. The molecule has 4 aromatic rings. The van der Waals surface area contributed by atoms with E-state index in [0.29, 0.717) is 34.8 Å². The van der Waals surface area contributed by atoms with E-state index >= 15 is 0 Å². The Kier molecular flexibility index (Phi) is 9.96. The van der Waals surface area contributed by atoms with Gasteiger partial charge in [0.25, 0.3) is 0 Å². The van der Waals surface area contributed by atoms with Gasteiger partial charge in [-0.15, -0.1) is 10.2 Å². The van der Waals surface area contributed by atoms with Crippen molar-refractivity contribution in [1.29, 1.82) is 0 Å². The van der Waals surface area contributed by atoms with E-state index < -0.39 is 35.3 Å². The van der Waals surface area contributed by atoms with Crippen LogP contribution < -0.4 is 18.5 Å². The van der Waals surface area contributed by atoms with Crippen molar-refractivity contribution in [2.75, 3.05) is 32.2 Å². The van der Waals surface area contributed by atoms with E-state index in [4.69, 9.17) is 14.2 Å². The first-order valence-electron chi connectivity index (χ1n) is 14.0. The maximum absolute atomic E-state index is 14.5. The lowest BCUT2D eigenvalue weighted by Crippen LogP contribution is -2.44. The molecule has 0 amide bonds. The van der Waals surface area contributed by atoms with Gasteiger partial charge >= 0.3 is 0 Å². The summed E-state index contributed by atoms with van der Waals surface area (Å²) in [5.41, 5.74) is 0.983. The van der Waals surface area contributed by atoms with Crippen LogP contribution in [0.15, 0.2) is 60.7 Å². The molecule has 2 unspecified atom stereocenters. The van der Waals surface area contributed by atoms with Gasteiger partial charge in [-0.05, 0) is 48.9 Å². The third kappa shape index (κ3) is 6.87. The number of rotatable bonds is 13. The van der Waals surface area contributed by atoms with Crippen molar-refractivity contribution >= 4 is 24.0 Å². The van der Waals surface area contributed by atoms with Gasteiger partial charge in [0.1, 0.15) is 33.9 Å². The number of hydrogen-bond acceptors (Lipinski definition) is 9. The molecule has 0 spiro atoms. The quantitative estimate of drug-likeness (QED) is 0.198. The third-order valence-electron chi connectivity index (χ3n) is 7.15. The second kappa shape index (κ2) is 13.3. The Morgan fingerprint density at radius 2 is 1.55 bits per heavy atom. The molecule has 44 heavy (non-hydrogen) atoms. The van der Waals surface area contributed by atoms with E-state index in [1.165, 1.54) is 61.4 Å². The van der Waals surface area contributed by atoms with Gasteiger partial charge in [-0.3, -0.25) is 4.57 Å². The predicted octanol–water partition coefficient (Wildman–Crippen LogP) is 5.09. The molecular formula is C30H38FN5O6SSi. The first-order valence-corrected chi connectivity index (χ1v) is 19.2. The van der Waals surface area contributed by atoms with Gasteiger partial charge in [-0.25, -0.2) is 22.1 Å². The zero-order valence-corrected chi connectivity index (χ0v) is 27.7.